The average Bonchev–Trinajstić information content (AvgIpc) is 2.01. The molecular weight excluding hydrogens is 252 g/mol. The Bertz CT molecular complexity index is 405. The fraction of sp³-hybridized carbons (Fsp3) is 0. The van der Waals surface area contributed by atoms with Crippen LogP contribution in [0.5, 0.6) is 5.75 Å². The zero-order chi connectivity index (χ0) is 10.8. The van der Waals surface area contributed by atoms with Crippen molar-refractivity contribution in [2.75, 3.05) is 0 Å². The van der Waals surface area contributed by atoms with Gasteiger partial charge in [-0.15, -0.1) is 0 Å². The smallest absolute Gasteiger partial charge is 0.415 e. The molecule has 0 bridgehead atoms. The van der Waals surface area contributed by atoms with Crippen molar-refractivity contribution in [2.24, 2.45) is 0 Å². The Hall–Kier alpha value is -0.770. The summed E-state index contributed by atoms with van der Waals surface area (Å²) in [5.74, 6) is -0.217. The number of halogens is 2. The maximum Gasteiger partial charge on any atom is 0.428 e. The summed E-state index contributed by atoms with van der Waals surface area (Å²) in [7, 11) is 0. The van der Waals surface area contributed by atoms with E-state index in [1.54, 1.807) is 0 Å². The van der Waals surface area contributed by atoms with Crippen LogP contribution in [0.4, 0.5) is 5.69 Å². The van der Waals surface area contributed by atoms with Crippen LogP contribution in [0.15, 0.2) is 24.3 Å². The first-order valence-electron chi connectivity index (χ1n) is 3.32. The lowest BCUT2D eigenvalue weighted by atomic mass is 10.3. The molecule has 0 radical (unpaired) electrons. The molecule has 1 aromatic rings. The van der Waals surface area contributed by atoms with Crippen molar-refractivity contribution in [1.82, 2.24) is 0 Å². The van der Waals surface area contributed by atoms with Gasteiger partial charge in [0.1, 0.15) is 0 Å². The van der Waals surface area contributed by atoms with Crippen molar-refractivity contribution in [2.45, 2.75) is 0 Å². The van der Waals surface area contributed by atoms with E-state index in [1.165, 1.54) is 24.3 Å². The highest BCUT2D eigenvalue weighted by molar-refractivity contribution is 8.05. The molecule has 0 fully saturated rings. The van der Waals surface area contributed by atoms with Gasteiger partial charge in [0, 0.05) is 28.5 Å². The van der Waals surface area contributed by atoms with Crippen LogP contribution in [0.2, 0.25) is 0 Å². The Kier molecular flexibility index (Phi) is 3.37. The second kappa shape index (κ2) is 4.17. The molecule has 0 saturated carbocycles. The second-order valence-corrected chi connectivity index (χ2v) is 6.43. The molecule has 8 heteroatoms. The Labute approximate surface area is 88.8 Å². The van der Waals surface area contributed by atoms with Crippen LogP contribution in [-0.4, -0.2) is 4.92 Å². The highest BCUT2D eigenvalue weighted by Crippen LogP contribution is 2.58. The monoisotopic (exact) mass is 255 g/mol. The largest absolute Gasteiger partial charge is 0.428 e. The standard InChI is InChI=1S/C6H4Cl2NO4P/c7-14(8,12)13-6-4-2-1-3-5(6)9(10)11/h1-4H. The summed E-state index contributed by atoms with van der Waals surface area (Å²) in [5.41, 5.74) is -0.339. The Morgan fingerprint density at radius 2 is 1.93 bits per heavy atom. The molecule has 0 heterocycles. The molecule has 0 aliphatic carbocycles. The lowest BCUT2D eigenvalue weighted by molar-refractivity contribution is -0.385. The summed E-state index contributed by atoms with van der Waals surface area (Å²) in [6, 6.07) is 5.37. The third kappa shape index (κ3) is 3.18. The van der Waals surface area contributed by atoms with Gasteiger partial charge in [0.25, 0.3) is 0 Å². The molecule has 0 atom stereocenters. The SMILES string of the molecule is O=[N+]([O-])c1ccccc1OP(=O)(Cl)Cl. The van der Waals surface area contributed by atoms with Gasteiger partial charge in [0.15, 0.2) is 0 Å². The topological polar surface area (TPSA) is 69.4 Å². The van der Waals surface area contributed by atoms with Crippen LogP contribution >= 0.6 is 28.6 Å². The molecule has 1 rings (SSSR count). The summed E-state index contributed by atoms with van der Waals surface area (Å²) < 4.78 is 15.4. The van der Waals surface area contributed by atoms with Gasteiger partial charge in [-0.25, -0.2) is 4.57 Å². The summed E-state index contributed by atoms with van der Waals surface area (Å²) >= 11 is 10.2. The van der Waals surface area contributed by atoms with Gasteiger partial charge in [-0.2, -0.15) is 0 Å². The van der Waals surface area contributed by atoms with Crippen molar-refractivity contribution in [3.8, 4) is 5.75 Å². The molecule has 5 nitrogen and oxygen atoms in total. The fourth-order valence-electron chi connectivity index (χ4n) is 0.800. The maximum atomic E-state index is 10.8. The van der Waals surface area contributed by atoms with Crippen LogP contribution in [0.25, 0.3) is 0 Å². The predicted octanol–water partition coefficient (Wildman–Crippen LogP) is 3.56. The van der Waals surface area contributed by atoms with Crippen molar-refractivity contribution >= 4 is 34.2 Å². The van der Waals surface area contributed by atoms with Crippen molar-refractivity contribution in [3.63, 3.8) is 0 Å². The molecule has 0 spiro atoms. The number of nitrogens with zero attached hydrogens (tertiary/aromatic N) is 1. The van der Waals surface area contributed by atoms with Crippen molar-refractivity contribution < 1.29 is 14.0 Å². The number of rotatable bonds is 3. The van der Waals surface area contributed by atoms with E-state index in [-0.39, 0.29) is 11.4 Å². The molecule has 0 aliphatic heterocycles. The molecule has 0 unspecified atom stereocenters. The minimum atomic E-state index is -3.81. The van der Waals surface area contributed by atoms with Gasteiger partial charge < -0.3 is 4.52 Å². The van der Waals surface area contributed by atoms with Crippen LogP contribution in [-0.2, 0) is 4.57 Å². The first kappa shape index (κ1) is 11.3. The minimum Gasteiger partial charge on any atom is -0.415 e. The zero-order valence-electron chi connectivity index (χ0n) is 6.59. The second-order valence-electron chi connectivity index (χ2n) is 2.23. The summed E-state index contributed by atoms with van der Waals surface area (Å²) in [5, 5.41) is 10.5. The molecule has 0 N–H and O–H groups in total. The highest BCUT2D eigenvalue weighted by Gasteiger charge is 2.22. The molecule has 0 aromatic heterocycles. The third-order valence-corrected chi connectivity index (χ3v) is 2.09. The number of hydrogen-bond acceptors (Lipinski definition) is 4. The number of hydrogen-bond donors (Lipinski definition) is 0. The van der Waals surface area contributed by atoms with Gasteiger partial charge in [-0.05, 0) is 6.07 Å². The van der Waals surface area contributed by atoms with E-state index in [9.17, 15) is 14.7 Å². The van der Waals surface area contributed by atoms with Gasteiger partial charge in [0.05, 0.1) is 4.92 Å². The highest BCUT2D eigenvalue weighted by atomic mass is 35.9. The number of benzene rings is 1. The molecular formula is C6H4Cl2NO4P. The normalized spacial score (nSPS) is 11.0. The fourth-order valence-corrected chi connectivity index (χ4v) is 1.63. The molecule has 1 aromatic carbocycles. The third-order valence-electron chi connectivity index (χ3n) is 1.27. The quantitative estimate of drug-likeness (QED) is 0.471. The summed E-state index contributed by atoms with van der Waals surface area (Å²) in [6.45, 7) is 0. The number of nitro groups is 1. The number of nitro benzene ring substituents is 1. The van der Waals surface area contributed by atoms with Crippen LogP contribution in [0.3, 0.4) is 0 Å². The van der Waals surface area contributed by atoms with E-state index in [0.29, 0.717) is 0 Å². The molecule has 0 saturated heterocycles. The zero-order valence-corrected chi connectivity index (χ0v) is 9.00. The number of para-hydroxylation sites is 2. The molecule has 76 valence electrons. The van der Waals surface area contributed by atoms with Gasteiger partial charge >= 0.3 is 11.8 Å². The van der Waals surface area contributed by atoms with Crippen molar-refractivity contribution in [3.05, 3.63) is 34.4 Å². The van der Waals surface area contributed by atoms with Crippen LogP contribution in [0, 0.1) is 10.1 Å². The van der Waals surface area contributed by atoms with Gasteiger partial charge in [-0.3, -0.25) is 10.1 Å². The van der Waals surface area contributed by atoms with E-state index >= 15 is 0 Å². The van der Waals surface area contributed by atoms with E-state index in [0.717, 1.165) is 0 Å². The first-order valence-corrected chi connectivity index (χ1v) is 6.76. The van der Waals surface area contributed by atoms with Gasteiger partial charge in [0.2, 0.25) is 5.75 Å². The predicted molar refractivity (Wildman–Crippen MR) is 53.0 cm³/mol. The van der Waals surface area contributed by atoms with Crippen LogP contribution < -0.4 is 4.52 Å². The Morgan fingerprint density at radius 1 is 1.36 bits per heavy atom. The van der Waals surface area contributed by atoms with E-state index < -0.39 is 11.0 Å². The first-order chi connectivity index (χ1) is 6.40. The van der Waals surface area contributed by atoms with E-state index in [4.69, 9.17) is 22.5 Å². The molecule has 0 aliphatic rings. The maximum absolute atomic E-state index is 10.8. The molecule has 14 heavy (non-hydrogen) atoms. The average molecular weight is 256 g/mol. The summed E-state index contributed by atoms with van der Waals surface area (Å²) in [6.07, 6.45) is -3.81. The lowest BCUT2D eigenvalue weighted by Gasteiger charge is -2.05. The van der Waals surface area contributed by atoms with Crippen molar-refractivity contribution in [1.29, 1.82) is 0 Å². The molecule has 0 amide bonds. The van der Waals surface area contributed by atoms with Crippen LogP contribution in [0.1, 0.15) is 0 Å². The Balaban J connectivity index is 3.08. The minimum absolute atomic E-state index is 0.217. The van der Waals surface area contributed by atoms with E-state index in [2.05, 4.69) is 4.52 Å². The lowest BCUT2D eigenvalue weighted by Crippen LogP contribution is -1.91. The van der Waals surface area contributed by atoms with Gasteiger partial charge in [-0.1, -0.05) is 12.1 Å². The summed E-state index contributed by atoms with van der Waals surface area (Å²) in [4.78, 5) is 9.78. The van der Waals surface area contributed by atoms with E-state index in [1.807, 2.05) is 0 Å². The Morgan fingerprint density at radius 3 is 2.43 bits per heavy atom.